The normalized spacial score (nSPS) is 12.7. The van der Waals surface area contributed by atoms with E-state index in [0.717, 1.165) is 17.8 Å². The van der Waals surface area contributed by atoms with Gasteiger partial charge in [-0.2, -0.15) is 0 Å². The average Bonchev–Trinajstić information content (AvgIpc) is 2.90. The lowest BCUT2D eigenvalue weighted by Crippen LogP contribution is -2.20. The summed E-state index contributed by atoms with van der Waals surface area (Å²) in [5.74, 6) is -0.162. The highest BCUT2D eigenvalue weighted by Gasteiger charge is 2.13. The Bertz CT molecular complexity index is 769. The van der Waals surface area contributed by atoms with Crippen molar-refractivity contribution in [1.29, 1.82) is 0 Å². The van der Waals surface area contributed by atoms with E-state index in [0.29, 0.717) is 17.9 Å². The lowest BCUT2D eigenvalue weighted by molar-refractivity contribution is 0.510. The molecule has 2 aromatic heterocycles. The third kappa shape index (κ3) is 2.75. The maximum absolute atomic E-state index is 13.7. The van der Waals surface area contributed by atoms with Gasteiger partial charge in [-0.05, 0) is 37.3 Å². The van der Waals surface area contributed by atoms with E-state index in [9.17, 15) is 8.78 Å². The molecule has 6 heteroatoms. The van der Waals surface area contributed by atoms with Crippen LogP contribution in [0.25, 0.3) is 5.65 Å². The summed E-state index contributed by atoms with van der Waals surface area (Å²) in [7, 11) is 0. The van der Waals surface area contributed by atoms with Crippen molar-refractivity contribution in [2.75, 3.05) is 0 Å². The highest BCUT2D eigenvalue weighted by molar-refractivity contribution is 5.37. The largest absolute Gasteiger partial charge is 0.303 e. The molecule has 4 nitrogen and oxygen atoms in total. The van der Waals surface area contributed by atoms with Gasteiger partial charge in [-0.15, -0.1) is 10.2 Å². The van der Waals surface area contributed by atoms with Crippen molar-refractivity contribution in [1.82, 2.24) is 19.9 Å². The molecule has 21 heavy (non-hydrogen) atoms. The van der Waals surface area contributed by atoms with Crippen LogP contribution >= 0.6 is 0 Å². The van der Waals surface area contributed by atoms with Gasteiger partial charge in [-0.3, -0.25) is 4.40 Å². The number of pyridine rings is 1. The van der Waals surface area contributed by atoms with E-state index in [2.05, 4.69) is 15.5 Å². The van der Waals surface area contributed by atoms with E-state index in [1.807, 2.05) is 28.8 Å². The molecule has 0 aliphatic heterocycles. The maximum atomic E-state index is 13.7. The first-order valence-electron chi connectivity index (χ1n) is 6.62. The van der Waals surface area contributed by atoms with Gasteiger partial charge in [0.1, 0.15) is 11.6 Å². The fourth-order valence-corrected chi connectivity index (χ4v) is 2.21. The minimum Gasteiger partial charge on any atom is -0.303 e. The molecule has 1 atom stereocenters. The molecule has 0 radical (unpaired) electrons. The van der Waals surface area contributed by atoms with Crippen LogP contribution in [0.4, 0.5) is 8.78 Å². The molecule has 0 spiro atoms. The summed E-state index contributed by atoms with van der Waals surface area (Å²) in [6.45, 7) is 2.18. The lowest BCUT2D eigenvalue weighted by atomic mass is 10.1. The highest BCUT2D eigenvalue weighted by Crippen LogP contribution is 2.18. The molecule has 0 saturated carbocycles. The number of hydrogen-bond acceptors (Lipinski definition) is 3. The number of aromatic nitrogens is 3. The van der Waals surface area contributed by atoms with Crippen molar-refractivity contribution in [3.63, 3.8) is 0 Å². The fourth-order valence-electron chi connectivity index (χ4n) is 2.21. The van der Waals surface area contributed by atoms with E-state index >= 15 is 0 Å². The Kier molecular flexibility index (Phi) is 3.62. The van der Waals surface area contributed by atoms with E-state index in [4.69, 9.17) is 0 Å². The van der Waals surface area contributed by atoms with Crippen molar-refractivity contribution >= 4 is 5.65 Å². The molecule has 3 aromatic rings. The molecule has 0 aliphatic carbocycles. The van der Waals surface area contributed by atoms with Gasteiger partial charge in [0.25, 0.3) is 0 Å². The second-order valence-corrected chi connectivity index (χ2v) is 4.81. The molecule has 1 unspecified atom stereocenters. The lowest BCUT2D eigenvalue weighted by Gasteiger charge is -2.14. The SMILES string of the molecule is CC(NCc1nnc2ccccn12)c1cc(F)ccc1F. The summed E-state index contributed by atoms with van der Waals surface area (Å²) >= 11 is 0. The Balaban J connectivity index is 1.76. The van der Waals surface area contributed by atoms with Crippen LogP contribution in [-0.4, -0.2) is 14.6 Å². The minimum absolute atomic E-state index is 0.295. The zero-order chi connectivity index (χ0) is 14.8. The molecule has 0 aliphatic rings. The van der Waals surface area contributed by atoms with Gasteiger partial charge in [0.2, 0.25) is 0 Å². The zero-order valence-electron chi connectivity index (χ0n) is 11.4. The van der Waals surface area contributed by atoms with Crippen LogP contribution in [0.3, 0.4) is 0 Å². The van der Waals surface area contributed by atoms with Gasteiger partial charge < -0.3 is 5.32 Å². The van der Waals surface area contributed by atoms with Crippen molar-refractivity contribution in [2.24, 2.45) is 0 Å². The number of fused-ring (bicyclic) bond motifs is 1. The Morgan fingerprint density at radius 3 is 2.90 bits per heavy atom. The standard InChI is InChI=1S/C15H14F2N4/c1-10(12-8-11(16)5-6-13(12)17)18-9-15-20-19-14-4-2-3-7-21(14)15/h2-8,10,18H,9H2,1H3. The van der Waals surface area contributed by atoms with Crippen LogP contribution < -0.4 is 5.32 Å². The minimum atomic E-state index is -0.451. The summed E-state index contributed by atoms with van der Waals surface area (Å²) in [6, 6.07) is 8.73. The first kappa shape index (κ1) is 13.6. The molecule has 108 valence electrons. The first-order valence-corrected chi connectivity index (χ1v) is 6.62. The third-order valence-electron chi connectivity index (χ3n) is 3.38. The summed E-state index contributed by atoms with van der Waals surface area (Å²) in [5, 5.41) is 11.3. The monoisotopic (exact) mass is 288 g/mol. The van der Waals surface area contributed by atoms with Gasteiger partial charge >= 0.3 is 0 Å². The van der Waals surface area contributed by atoms with E-state index in [1.165, 1.54) is 6.07 Å². The van der Waals surface area contributed by atoms with Gasteiger partial charge in [-0.1, -0.05) is 6.07 Å². The van der Waals surface area contributed by atoms with Crippen molar-refractivity contribution < 1.29 is 8.78 Å². The van der Waals surface area contributed by atoms with Gasteiger partial charge in [-0.25, -0.2) is 8.78 Å². The third-order valence-corrected chi connectivity index (χ3v) is 3.38. The molecule has 0 amide bonds. The number of rotatable bonds is 4. The fraction of sp³-hybridized carbons (Fsp3) is 0.200. The highest BCUT2D eigenvalue weighted by atomic mass is 19.1. The first-order chi connectivity index (χ1) is 10.1. The average molecular weight is 288 g/mol. The van der Waals surface area contributed by atoms with Crippen molar-refractivity contribution in [2.45, 2.75) is 19.5 Å². The number of halogens is 2. The molecule has 1 aromatic carbocycles. The van der Waals surface area contributed by atoms with Crippen molar-refractivity contribution in [3.8, 4) is 0 Å². The summed E-state index contributed by atoms with van der Waals surface area (Å²) in [5.41, 5.74) is 1.04. The molecular formula is C15H14F2N4. The number of nitrogens with zero attached hydrogens (tertiary/aromatic N) is 3. The van der Waals surface area contributed by atoms with Gasteiger partial charge in [0.05, 0.1) is 6.54 Å². The maximum Gasteiger partial charge on any atom is 0.160 e. The van der Waals surface area contributed by atoms with Crippen LogP contribution in [-0.2, 0) is 6.54 Å². The van der Waals surface area contributed by atoms with Crippen LogP contribution in [0.2, 0.25) is 0 Å². The van der Waals surface area contributed by atoms with Crippen LogP contribution in [0.15, 0.2) is 42.6 Å². The number of hydrogen-bond donors (Lipinski definition) is 1. The molecule has 1 N–H and O–H groups in total. The predicted octanol–water partition coefficient (Wildman–Crippen LogP) is 2.86. The Hall–Kier alpha value is -2.34. The van der Waals surface area contributed by atoms with E-state index < -0.39 is 11.6 Å². The number of benzene rings is 1. The molecule has 3 rings (SSSR count). The van der Waals surface area contributed by atoms with E-state index in [-0.39, 0.29) is 6.04 Å². The second-order valence-electron chi connectivity index (χ2n) is 4.81. The molecular weight excluding hydrogens is 274 g/mol. The van der Waals surface area contributed by atoms with E-state index in [1.54, 1.807) is 6.92 Å². The van der Waals surface area contributed by atoms with Gasteiger partial charge in [0.15, 0.2) is 11.5 Å². The topological polar surface area (TPSA) is 42.2 Å². The van der Waals surface area contributed by atoms with Crippen LogP contribution in [0, 0.1) is 11.6 Å². The second kappa shape index (κ2) is 5.57. The zero-order valence-corrected chi connectivity index (χ0v) is 11.4. The summed E-state index contributed by atoms with van der Waals surface area (Å²) in [4.78, 5) is 0. The predicted molar refractivity (Wildman–Crippen MR) is 74.6 cm³/mol. The summed E-state index contributed by atoms with van der Waals surface area (Å²) < 4.78 is 28.8. The number of nitrogens with one attached hydrogen (secondary N) is 1. The van der Waals surface area contributed by atoms with Crippen LogP contribution in [0.1, 0.15) is 24.4 Å². The smallest absolute Gasteiger partial charge is 0.160 e. The quantitative estimate of drug-likeness (QED) is 0.802. The van der Waals surface area contributed by atoms with Gasteiger partial charge in [0, 0.05) is 17.8 Å². The Morgan fingerprint density at radius 1 is 1.19 bits per heavy atom. The summed E-state index contributed by atoms with van der Waals surface area (Å²) in [6.07, 6.45) is 1.86. The molecule has 0 bridgehead atoms. The Labute approximate surface area is 120 Å². The molecule has 0 fully saturated rings. The molecule has 0 saturated heterocycles. The Morgan fingerprint density at radius 2 is 2.05 bits per heavy atom. The van der Waals surface area contributed by atoms with Crippen molar-refractivity contribution in [3.05, 3.63) is 65.6 Å². The van der Waals surface area contributed by atoms with Crippen LogP contribution in [0.5, 0.6) is 0 Å². The molecule has 2 heterocycles.